The van der Waals surface area contributed by atoms with Crippen LogP contribution in [-0.4, -0.2) is 40.0 Å². The van der Waals surface area contributed by atoms with E-state index in [1.54, 1.807) is 35.5 Å². The maximum absolute atomic E-state index is 12.6. The van der Waals surface area contributed by atoms with Crippen molar-refractivity contribution in [2.75, 3.05) is 13.1 Å². The van der Waals surface area contributed by atoms with E-state index in [0.29, 0.717) is 19.5 Å². The molecule has 1 heterocycles. The van der Waals surface area contributed by atoms with Crippen LogP contribution < -0.4 is 0 Å². The molecule has 0 saturated carbocycles. The molecule has 0 aliphatic rings. The molecule has 0 fully saturated rings. The predicted octanol–water partition coefficient (Wildman–Crippen LogP) is 2.48. The topological polar surface area (TPSA) is 70.5 Å². The lowest BCUT2D eigenvalue weighted by Crippen LogP contribution is -2.33. The Kier molecular flexibility index (Phi) is 5.25. The Morgan fingerprint density at radius 2 is 1.73 bits per heavy atom. The Bertz CT molecular complexity index is 656. The fraction of sp³-hybridized carbons (Fsp3) is 0.235. The van der Waals surface area contributed by atoms with Crippen LogP contribution in [-0.2, 0) is 6.42 Å². The molecule has 0 spiro atoms. The first-order chi connectivity index (χ1) is 10.6. The van der Waals surface area contributed by atoms with E-state index in [2.05, 4.69) is 4.98 Å². The number of hydrogen-bond acceptors (Lipinski definition) is 3. The molecule has 0 aliphatic heterocycles. The molecule has 0 bridgehead atoms. The standard InChI is InChI=1S/C17H18N2O3/c1-2-19(12-9-13-7-10-18-11-8-13)16(20)14-5-3-4-6-15(14)17(21)22/h3-8,10-11H,2,9,12H2,1H3,(H,21,22). The number of amides is 1. The number of carbonyl (C=O) groups is 2. The minimum absolute atomic E-state index is 0.0369. The van der Waals surface area contributed by atoms with Gasteiger partial charge in [-0.15, -0.1) is 0 Å². The number of hydrogen-bond donors (Lipinski definition) is 1. The molecule has 22 heavy (non-hydrogen) atoms. The highest BCUT2D eigenvalue weighted by Crippen LogP contribution is 2.13. The summed E-state index contributed by atoms with van der Waals surface area (Å²) in [6.45, 7) is 2.94. The zero-order chi connectivity index (χ0) is 15.9. The molecule has 0 atom stereocenters. The van der Waals surface area contributed by atoms with Crippen molar-refractivity contribution in [3.8, 4) is 0 Å². The van der Waals surface area contributed by atoms with E-state index >= 15 is 0 Å². The van der Waals surface area contributed by atoms with Gasteiger partial charge in [-0.05, 0) is 43.2 Å². The average Bonchev–Trinajstić information content (AvgIpc) is 2.56. The van der Waals surface area contributed by atoms with Crippen molar-refractivity contribution in [3.05, 3.63) is 65.5 Å². The summed E-state index contributed by atoms with van der Waals surface area (Å²) in [7, 11) is 0. The first-order valence-electron chi connectivity index (χ1n) is 7.14. The third-order valence-electron chi connectivity index (χ3n) is 3.48. The fourth-order valence-electron chi connectivity index (χ4n) is 2.24. The van der Waals surface area contributed by atoms with E-state index in [4.69, 9.17) is 0 Å². The zero-order valence-electron chi connectivity index (χ0n) is 12.4. The number of aromatic nitrogens is 1. The molecule has 114 valence electrons. The van der Waals surface area contributed by atoms with Crippen molar-refractivity contribution in [3.63, 3.8) is 0 Å². The molecular formula is C17H18N2O3. The normalized spacial score (nSPS) is 10.2. The first-order valence-corrected chi connectivity index (χ1v) is 7.14. The third-order valence-corrected chi connectivity index (χ3v) is 3.48. The SMILES string of the molecule is CCN(CCc1ccncc1)C(=O)c1ccccc1C(=O)O. The van der Waals surface area contributed by atoms with Crippen LogP contribution in [0.4, 0.5) is 0 Å². The number of likely N-dealkylation sites (N-methyl/N-ethyl adjacent to an activating group) is 1. The fourth-order valence-corrected chi connectivity index (χ4v) is 2.24. The average molecular weight is 298 g/mol. The number of aromatic carboxylic acids is 1. The third kappa shape index (κ3) is 3.69. The number of carboxylic acids is 1. The van der Waals surface area contributed by atoms with Crippen molar-refractivity contribution >= 4 is 11.9 Å². The largest absolute Gasteiger partial charge is 0.478 e. The summed E-state index contributed by atoms with van der Waals surface area (Å²) < 4.78 is 0. The lowest BCUT2D eigenvalue weighted by Gasteiger charge is -2.21. The van der Waals surface area contributed by atoms with Crippen LogP contribution in [0.5, 0.6) is 0 Å². The van der Waals surface area contributed by atoms with Gasteiger partial charge >= 0.3 is 5.97 Å². The molecule has 2 aromatic rings. The van der Waals surface area contributed by atoms with Gasteiger partial charge in [0.05, 0.1) is 11.1 Å². The quantitative estimate of drug-likeness (QED) is 0.889. The molecule has 1 aromatic heterocycles. The Balaban J connectivity index is 2.14. The molecule has 5 nitrogen and oxygen atoms in total. The van der Waals surface area contributed by atoms with Crippen molar-refractivity contribution < 1.29 is 14.7 Å². The van der Waals surface area contributed by atoms with Gasteiger partial charge in [-0.25, -0.2) is 4.79 Å². The maximum atomic E-state index is 12.6. The van der Waals surface area contributed by atoms with Gasteiger partial charge in [0.2, 0.25) is 0 Å². The number of benzene rings is 1. The van der Waals surface area contributed by atoms with Crippen LogP contribution in [0.25, 0.3) is 0 Å². The monoisotopic (exact) mass is 298 g/mol. The lowest BCUT2D eigenvalue weighted by molar-refractivity contribution is 0.0677. The van der Waals surface area contributed by atoms with Gasteiger partial charge in [0.25, 0.3) is 5.91 Å². The van der Waals surface area contributed by atoms with Gasteiger partial charge in [0, 0.05) is 25.5 Å². The minimum Gasteiger partial charge on any atom is -0.478 e. The highest BCUT2D eigenvalue weighted by Gasteiger charge is 2.20. The number of rotatable bonds is 6. The van der Waals surface area contributed by atoms with Crippen LogP contribution in [0.1, 0.15) is 33.2 Å². The summed E-state index contributed by atoms with van der Waals surface area (Å²) in [5.74, 6) is -1.34. The molecule has 0 saturated heterocycles. The second-order valence-electron chi connectivity index (χ2n) is 4.84. The Morgan fingerprint density at radius 1 is 1.09 bits per heavy atom. The molecule has 0 radical (unpaired) electrons. The van der Waals surface area contributed by atoms with E-state index in [1.165, 1.54) is 6.07 Å². The first kappa shape index (κ1) is 15.7. The lowest BCUT2D eigenvalue weighted by atomic mass is 10.1. The second-order valence-corrected chi connectivity index (χ2v) is 4.84. The Morgan fingerprint density at radius 3 is 2.32 bits per heavy atom. The van der Waals surface area contributed by atoms with E-state index in [1.807, 2.05) is 19.1 Å². The number of pyridine rings is 1. The summed E-state index contributed by atoms with van der Waals surface area (Å²) in [6.07, 6.45) is 4.14. The van der Waals surface area contributed by atoms with Crippen LogP contribution in [0.3, 0.4) is 0 Å². The zero-order valence-corrected chi connectivity index (χ0v) is 12.4. The van der Waals surface area contributed by atoms with Crippen molar-refractivity contribution in [1.29, 1.82) is 0 Å². The van der Waals surface area contributed by atoms with E-state index in [-0.39, 0.29) is 17.0 Å². The predicted molar refractivity (Wildman–Crippen MR) is 82.9 cm³/mol. The van der Waals surface area contributed by atoms with Gasteiger partial charge < -0.3 is 10.0 Å². The Labute approximate surface area is 129 Å². The van der Waals surface area contributed by atoms with Gasteiger partial charge in [-0.1, -0.05) is 12.1 Å². The maximum Gasteiger partial charge on any atom is 0.336 e. The van der Waals surface area contributed by atoms with E-state index in [0.717, 1.165) is 5.56 Å². The van der Waals surface area contributed by atoms with Gasteiger partial charge in [0.15, 0.2) is 0 Å². The molecule has 0 aliphatic carbocycles. The molecule has 1 aromatic carbocycles. The summed E-state index contributed by atoms with van der Waals surface area (Å²) in [4.78, 5) is 29.4. The summed E-state index contributed by atoms with van der Waals surface area (Å²) >= 11 is 0. The number of carbonyl (C=O) groups excluding carboxylic acids is 1. The Hall–Kier alpha value is -2.69. The van der Waals surface area contributed by atoms with Crippen LogP contribution >= 0.6 is 0 Å². The molecule has 0 unspecified atom stereocenters. The van der Waals surface area contributed by atoms with Crippen molar-refractivity contribution in [2.45, 2.75) is 13.3 Å². The van der Waals surface area contributed by atoms with E-state index in [9.17, 15) is 14.7 Å². The van der Waals surface area contributed by atoms with Gasteiger partial charge in [-0.3, -0.25) is 9.78 Å². The summed E-state index contributed by atoms with van der Waals surface area (Å²) in [5.41, 5.74) is 1.36. The molecule has 5 heteroatoms. The molecular weight excluding hydrogens is 280 g/mol. The van der Waals surface area contributed by atoms with Crippen LogP contribution in [0.2, 0.25) is 0 Å². The highest BCUT2D eigenvalue weighted by molar-refractivity contribution is 6.04. The molecule has 1 N–H and O–H groups in total. The van der Waals surface area contributed by atoms with Gasteiger partial charge in [-0.2, -0.15) is 0 Å². The van der Waals surface area contributed by atoms with E-state index < -0.39 is 5.97 Å². The minimum atomic E-state index is -1.09. The second kappa shape index (κ2) is 7.36. The van der Waals surface area contributed by atoms with Crippen LogP contribution in [0, 0.1) is 0 Å². The van der Waals surface area contributed by atoms with Crippen molar-refractivity contribution in [2.24, 2.45) is 0 Å². The van der Waals surface area contributed by atoms with Crippen LogP contribution in [0.15, 0.2) is 48.8 Å². The smallest absolute Gasteiger partial charge is 0.336 e. The molecule has 2 rings (SSSR count). The highest BCUT2D eigenvalue weighted by atomic mass is 16.4. The molecule has 1 amide bonds. The summed E-state index contributed by atoms with van der Waals surface area (Å²) in [5, 5.41) is 9.20. The summed E-state index contributed by atoms with van der Waals surface area (Å²) in [6, 6.07) is 10.1. The number of carboxylic acid groups (broad SMARTS) is 1. The number of nitrogens with zero attached hydrogens (tertiary/aromatic N) is 2. The van der Waals surface area contributed by atoms with Crippen molar-refractivity contribution in [1.82, 2.24) is 9.88 Å². The van der Waals surface area contributed by atoms with Gasteiger partial charge in [0.1, 0.15) is 0 Å².